The molecule has 0 radical (unpaired) electrons. The Morgan fingerprint density at radius 3 is 2.83 bits per heavy atom. The van der Waals surface area contributed by atoms with E-state index in [2.05, 4.69) is 25.2 Å². The summed E-state index contributed by atoms with van der Waals surface area (Å²) in [7, 11) is 0. The van der Waals surface area contributed by atoms with Crippen LogP contribution < -0.4 is 5.32 Å². The molecule has 0 bridgehead atoms. The average Bonchev–Trinajstić information content (AvgIpc) is 2.37. The van der Waals surface area contributed by atoms with Gasteiger partial charge in [0.05, 0.1) is 11.3 Å². The molecule has 3 unspecified atom stereocenters. The molecule has 1 fully saturated rings. The van der Waals surface area contributed by atoms with Crippen LogP contribution in [0.2, 0.25) is 5.02 Å². The van der Waals surface area contributed by atoms with Crippen molar-refractivity contribution in [3.63, 3.8) is 0 Å². The summed E-state index contributed by atoms with van der Waals surface area (Å²) in [6.45, 7) is 4.61. The molecular formula is C15H19ClN2. The van der Waals surface area contributed by atoms with E-state index in [1.54, 1.807) is 6.07 Å². The van der Waals surface area contributed by atoms with E-state index < -0.39 is 0 Å². The van der Waals surface area contributed by atoms with Crippen LogP contribution in [0.3, 0.4) is 0 Å². The minimum atomic E-state index is 0.460. The Morgan fingerprint density at radius 2 is 2.11 bits per heavy atom. The van der Waals surface area contributed by atoms with Gasteiger partial charge in [-0.1, -0.05) is 38.3 Å². The number of anilines is 1. The van der Waals surface area contributed by atoms with Crippen molar-refractivity contribution in [2.45, 2.75) is 39.2 Å². The third-order valence-electron chi connectivity index (χ3n) is 4.15. The molecule has 3 atom stereocenters. The van der Waals surface area contributed by atoms with Gasteiger partial charge in [0.1, 0.15) is 6.07 Å². The lowest BCUT2D eigenvalue weighted by molar-refractivity contribution is 0.253. The third-order valence-corrected chi connectivity index (χ3v) is 4.38. The second kappa shape index (κ2) is 5.63. The van der Waals surface area contributed by atoms with Gasteiger partial charge in [-0.2, -0.15) is 5.26 Å². The van der Waals surface area contributed by atoms with Gasteiger partial charge in [-0.15, -0.1) is 0 Å². The second-order valence-electron chi connectivity index (χ2n) is 5.32. The highest BCUT2D eigenvalue weighted by molar-refractivity contribution is 6.30. The fraction of sp³-hybridized carbons (Fsp3) is 0.533. The zero-order chi connectivity index (χ0) is 13.1. The van der Waals surface area contributed by atoms with Crippen LogP contribution in [-0.2, 0) is 0 Å². The lowest BCUT2D eigenvalue weighted by Crippen LogP contribution is -2.35. The molecule has 1 N–H and O–H groups in total. The summed E-state index contributed by atoms with van der Waals surface area (Å²) in [4.78, 5) is 0. The Labute approximate surface area is 114 Å². The van der Waals surface area contributed by atoms with Gasteiger partial charge < -0.3 is 5.32 Å². The van der Waals surface area contributed by atoms with Crippen LogP contribution in [0.15, 0.2) is 18.2 Å². The van der Waals surface area contributed by atoms with Crippen molar-refractivity contribution in [2.24, 2.45) is 11.8 Å². The van der Waals surface area contributed by atoms with Crippen LogP contribution in [0, 0.1) is 23.2 Å². The standard InChI is InChI=1S/C15H19ClN2/c1-10-4-3-5-14(11(10)2)18-15-7-6-13(16)8-12(15)9-17/h6-8,10-11,14,18H,3-5H2,1-2H3. The normalized spacial score (nSPS) is 27.6. The van der Waals surface area contributed by atoms with E-state index in [0.29, 0.717) is 22.5 Å². The molecule has 1 aliphatic carbocycles. The molecule has 2 rings (SSSR count). The predicted octanol–water partition coefficient (Wildman–Crippen LogP) is 4.45. The number of nitriles is 1. The average molecular weight is 263 g/mol. The number of nitrogens with one attached hydrogen (secondary N) is 1. The van der Waals surface area contributed by atoms with Crippen molar-refractivity contribution < 1.29 is 0 Å². The minimum absolute atomic E-state index is 0.460. The van der Waals surface area contributed by atoms with Gasteiger partial charge >= 0.3 is 0 Å². The van der Waals surface area contributed by atoms with Crippen molar-refractivity contribution in [3.05, 3.63) is 28.8 Å². The predicted molar refractivity (Wildman–Crippen MR) is 75.8 cm³/mol. The Balaban J connectivity index is 2.16. The third kappa shape index (κ3) is 2.79. The largest absolute Gasteiger partial charge is 0.381 e. The summed E-state index contributed by atoms with van der Waals surface area (Å²) in [5, 5.41) is 13.3. The van der Waals surface area contributed by atoms with Gasteiger partial charge in [0, 0.05) is 11.1 Å². The van der Waals surface area contributed by atoms with E-state index in [9.17, 15) is 0 Å². The highest BCUT2D eigenvalue weighted by Gasteiger charge is 2.27. The maximum absolute atomic E-state index is 9.14. The molecule has 0 saturated heterocycles. The maximum Gasteiger partial charge on any atom is 0.101 e. The molecule has 3 heteroatoms. The molecule has 2 nitrogen and oxygen atoms in total. The van der Waals surface area contributed by atoms with Gasteiger partial charge in [-0.05, 0) is 36.5 Å². The molecule has 0 amide bonds. The first-order chi connectivity index (χ1) is 8.61. The molecule has 1 aliphatic rings. The SMILES string of the molecule is CC1CCCC(Nc2ccc(Cl)cc2C#N)C1C. The molecule has 1 saturated carbocycles. The first-order valence-corrected chi connectivity index (χ1v) is 6.96. The summed E-state index contributed by atoms with van der Waals surface area (Å²) < 4.78 is 0. The van der Waals surface area contributed by atoms with Crippen LogP contribution in [0.1, 0.15) is 38.7 Å². The zero-order valence-electron chi connectivity index (χ0n) is 10.9. The highest BCUT2D eigenvalue weighted by atomic mass is 35.5. The lowest BCUT2D eigenvalue weighted by atomic mass is 9.78. The number of hydrogen-bond acceptors (Lipinski definition) is 2. The summed E-state index contributed by atoms with van der Waals surface area (Å²) in [5.41, 5.74) is 1.54. The van der Waals surface area contributed by atoms with E-state index in [-0.39, 0.29) is 0 Å². The Hall–Kier alpha value is -1.20. The molecular weight excluding hydrogens is 244 g/mol. The maximum atomic E-state index is 9.14. The molecule has 1 aromatic rings. The van der Waals surface area contributed by atoms with Crippen molar-refractivity contribution in [3.8, 4) is 6.07 Å². The second-order valence-corrected chi connectivity index (χ2v) is 5.76. The molecule has 96 valence electrons. The van der Waals surface area contributed by atoms with Crippen molar-refractivity contribution in [1.82, 2.24) is 0 Å². The molecule has 0 heterocycles. The zero-order valence-corrected chi connectivity index (χ0v) is 11.7. The van der Waals surface area contributed by atoms with Crippen LogP contribution in [0.5, 0.6) is 0 Å². The summed E-state index contributed by atoms with van der Waals surface area (Å²) in [5.74, 6) is 1.38. The van der Waals surface area contributed by atoms with Crippen LogP contribution >= 0.6 is 11.6 Å². The molecule has 1 aromatic carbocycles. The quantitative estimate of drug-likeness (QED) is 0.855. The van der Waals surface area contributed by atoms with Crippen LogP contribution in [-0.4, -0.2) is 6.04 Å². The summed E-state index contributed by atoms with van der Waals surface area (Å²) in [6.07, 6.45) is 3.75. The van der Waals surface area contributed by atoms with Gasteiger partial charge in [-0.3, -0.25) is 0 Å². The minimum Gasteiger partial charge on any atom is -0.381 e. The van der Waals surface area contributed by atoms with Gasteiger partial charge in [0.15, 0.2) is 0 Å². The van der Waals surface area contributed by atoms with Crippen LogP contribution in [0.4, 0.5) is 5.69 Å². The van der Waals surface area contributed by atoms with Gasteiger partial charge in [-0.25, -0.2) is 0 Å². The van der Waals surface area contributed by atoms with Crippen molar-refractivity contribution in [2.75, 3.05) is 5.32 Å². The fourth-order valence-corrected chi connectivity index (χ4v) is 2.89. The smallest absolute Gasteiger partial charge is 0.101 e. The van der Waals surface area contributed by atoms with E-state index in [4.69, 9.17) is 16.9 Å². The molecule has 0 spiro atoms. The fourth-order valence-electron chi connectivity index (χ4n) is 2.72. The van der Waals surface area contributed by atoms with E-state index >= 15 is 0 Å². The summed E-state index contributed by atoms with van der Waals surface area (Å²) in [6, 6.07) is 8.13. The topological polar surface area (TPSA) is 35.8 Å². The lowest BCUT2D eigenvalue weighted by Gasteiger charge is -2.35. The Morgan fingerprint density at radius 1 is 1.33 bits per heavy atom. The number of halogens is 1. The number of nitrogens with zero attached hydrogens (tertiary/aromatic N) is 1. The van der Waals surface area contributed by atoms with E-state index in [1.165, 1.54) is 19.3 Å². The number of hydrogen-bond donors (Lipinski definition) is 1. The molecule has 0 aromatic heterocycles. The highest BCUT2D eigenvalue weighted by Crippen LogP contribution is 2.32. The van der Waals surface area contributed by atoms with Gasteiger partial charge in [0.2, 0.25) is 0 Å². The monoisotopic (exact) mass is 262 g/mol. The van der Waals surface area contributed by atoms with Gasteiger partial charge in [0.25, 0.3) is 0 Å². The summed E-state index contributed by atoms with van der Waals surface area (Å²) >= 11 is 5.91. The number of rotatable bonds is 2. The van der Waals surface area contributed by atoms with Crippen molar-refractivity contribution in [1.29, 1.82) is 5.26 Å². The van der Waals surface area contributed by atoms with E-state index in [1.807, 2.05) is 12.1 Å². The Bertz CT molecular complexity index is 464. The van der Waals surface area contributed by atoms with Crippen LogP contribution in [0.25, 0.3) is 0 Å². The first kappa shape index (κ1) is 13.2. The first-order valence-electron chi connectivity index (χ1n) is 6.58. The molecule has 0 aliphatic heterocycles. The molecule has 18 heavy (non-hydrogen) atoms. The number of benzene rings is 1. The Kier molecular flexibility index (Phi) is 4.14. The van der Waals surface area contributed by atoms with E-state index in [0.717, 1.165) is 11.6 Å². The van der Waals surface area contributed by atoms with Crippen molar-refractivity contribution >= 4 is 17.3 Å².